The number of nitrogens with zero attached hydrogens (tertiary/aromatic N) is 2. The molecule has 0 fully saturated rings. The van der Waals surface area contributed by atoms with Crippen LogP contribution in [-0.2, 0) is 16.1 Å². The van der Waals surface area contributed by atoms with Gasteiger partial charge in [-0.2, -0.15) is 4.99 Å². The molecule has 0 saturated heterocycles. The Labute approximate surface area is 147 Å². The van der Waals surface area contributed by atoms with Crippen LogP contribution in [-0.4, -0.2) is 23.6 Å². The first-order chi connectivity index (χ1) is 12.0. The zero-order valence-electron chi connectivity index (χ0n) is 13.7. The average Bonchev–Trinajstić information content (AvgIpc) is 2.91. The number of halogens is 1. The maximum Gasteiger partial charge on any atom is 0.325 e. The molecule has 1 aromatic heterocycles. The number of methoxy groups -OCH3 is 1. The Morgan fingerprint density at radius 1 is 1.20 bits per heavy atom. The Bertz CT molecular complexity index is 1020. The molecule has 7 heteroatoms. The van der Waals surface area contributed by atoms with Gasteiger partial charge < -0.3 is 9.30 Å². The van der Waals surface area contributed by atoms with Gasteiger partial charge in [0, 0.05) is 5.56 Å². The van der Waals surface area contributed by atoms with E-state index < -0.39 is 17.7 Å². The lowest BCUT2D eigenvalue weighted by atomic mass is 10.1. The van der Waals surface area contributed by atoms with E-state index in [-0.39, 0.29) is 6.54 Å². The standard InChI is InChI=1S/C18H15FN2O3S/c1-11-3-5-12(6-4-11)17(23)20-18-21(10-16(22)24-2)14-8-7-13(19)9-15(14)25-18/h3-9H,10H2,1-2H3. The van der Waals surface area contributed by atoms with E-state index in [1.165, 1.54) is 19.2 Å². The summed E-state index contributed by atoms with van der Waals surface area (Å²) in [5.41, 5.74) is 2.10. The summed E-state index contributed by atoms with van der Waals surface area (Å²) in [4.78, 5) is 28.6. The molecule has 1 heterocycles. The lowest BCUT2D eigenvalue weighted by Crippen LogP contribution is -2.22. The van der Waals surface area contributed by atoms with Gasteiger partial charge in [-0.1, -0.05) is 29.0 Å². The molecule has 0 atom stereocenters. The molecule has 1 amide bonds. The molecule has 5 nitrogen and oxygen atoms in total. The summed E-state index contributed by atoms with van der Waals surface area (Å²) in [5.74, 6) is -1.30. The second-order valence-corrected chi connectivity index (χ2v) is 6.45. The highest BCUT2D eigenvalue weighted by Crippen LogP contribution is 2.19. The summed E-state index contributed by atoms with van der Waals surface area (Å²) in [5, 5.41) is 0. The first kappa shape index (κ1) is 17.0. The number of hydrogen-bond donors (Lipinski definition) is 0. The molecule has 25 heavy (non-hydrogen) atoms. The van der Waals surface area contributed by atoms with Crippen LogP contribution in [0.25, 0.3) is 10.2 Å². The Balaban J connectivity index is 2.13. The van der Waals surface area contributed by atoms with Crippen molar-refractivity contribution in [1.82, 2.24) is 4.57 Å². The topological polar surface area (TPSA) is 60.7 Å². The first-order valence-corrected chi connectivity index (χ1v) is 8.31. The number of carbonyl (C=O) groups excluding carboxylic acids is 2. The maximum atomic E-state index is 13.5. The molecule has 0 bridgehead atoms. The summed E-state index contributed by atoms with van der Waals surface area (Å²) in [7, 11) is 1.28. The molecule has 0 saturated carbocycles. The number of aromatic nitrogens is 1. The smallest absolute Gasteiger partial charge is 0.325 e. The van der Waals surface area contributed by atoms with Gasteiger partial charge >= 0.3 is 5.97 Å². The van der Waals surface area contributed by atoms with Crippen molar-refractivity contribution in [2.75, 3.05) is 7.11 Å². The van der Waals surface area contributed by atoms with Crippen molar-refractivity contribution in [2.45, 2.75) is 13.5 Å². The number of carbonyl (C=O) groups is 2. The predicted octanol–water partition coefficient (Wildman–Crippen LogP) is 3.06. The van der Waals surface area contributed by atoms with E-state index in [2.05, 4.69) is 4.99 Å². The Morgan fingerprint density at radius 3 is 2.60 bits per heavy atom. The van der Waals surface area contributed by atoms with Gasteiger partial charge in [0.2, 0.25) is 0 Å². The van der Waals surface area contributed by atoms with E-state index in [1.807, 2.05) is 19.1 Å². The highest BCUT2D eigenvalue weighted by atomic mass is 32.1. The zero-order valence-corrected chi connectivity index (χ0v) is 14.5. The third-order valence-electron chi connectivity index (χ3n) is 3.66. The minimum atomic E-state index is -0.478. The zero-order chi connectivity index (χ0) is 18.0. The molecule has 0 radical (unpaired) electrons. The highest BCUT2D eigenvalue weighted by Gasteiger charge is 2.13. The number of benzene rings is 2. The van der Waals surface area contributed by atoms with Crippen LogP contribution < -0.4 is 4.80 Å². The molecule has 0 aliphatic carbocycles. The van der Waals surface area contributed by atoms with Crippen molar-refractivity contribution in [3.63, 3.8) is 0 Å². The third kappa shape index (κ3) is 3.66. The number of thiazole rings is 1. The molecule has 3 aromatic rings. The van der Waals surface area contributed by atoms with Crippen LogP contribution >= 0.6 is 11.3 Å². The molecule has 2 aromatic carbocycles. The van der Waals surface area contributed by atoms with Crippen molar-refractivity contribution in [3.05, 3.63) is 64.2 Å². The molecule has 0 spiro atoms. The predicted molar refractivity (Wildman–Crippen MR) is 92.9 cm³/mol. The fraction of sp³-hybridized carbons (Fsp3) is 0.167. The minimum Gasteiger partial charge on any atom is -0.468 e. The molecular formula is C18H15FN2O3S. The monoisotopic (exact) mass is 358 g/mol. The number of aryl methyl sites for hydroxylation is 1. The molecule has 0 aliphatic heterocycles. The van der Waals surface area contributed by atoms with Crippen LogP contribution in [0.2, 0.25) is 0 Å². The number of amides is 1. The van der Waals surface area contributed by atoms with Gasteiger partial charge in [-0.15, -0.1) is 0 Å². The van der Waals surface area contributed by atoms with Gasteiger partial charge in [-0.3, -0.25) is 9.59 Å². The fourth-order valence-corrected chi connectivity index (χ4v) is 3.38. The van der Waals surface area contributed by atoms with Gasteiger partial charge in [0.1, 0.15) is 12.4 Å². The molecule has 128 valence electrons. The van der Waals surface area contributed by atoms with Gasteiger partial charge in [0.05, 0.1) is 17.3 Å². The number of esters is 1. The Hall–Kier alpha value is -2.80. The lowest BCUT2D eigenvalue weighted by Gasteiger charge is -2.03. The third-order valence-corrected chi connectivity index (χ3v) is 4.70. The molecule has 0 aliphatic rings. The Kier molecular flexibility index (Phi) is 4.76. The van der Waals surface area contributed by atoms with Crippen LogP contribution in [0, 0.1) is 12.7 Å². The summed E-state index contributed by atoms with van der Waals surface area (Å²) < 4.78 is 20.3. The largest absolute Gasteiger partial charge is 0.468 e. The summed E-state index contributed by atoms with van der Waals surface area (Å²) >= 11 is 1.14. The van der Waals surface area contributed by atoms with Crippen LogP contribution in [0.15, 0.2) is 47.5 Å². The normalized spacial score (nSPS) is 11.7. The first-order valence-electron chi connectivity index (χ1n) is 7.49. The lowest BCUT2D eigenvalue weighted by molar-refractivity contribution is -0.141. The number of rotatable bonds is 3. The average molecular weight is 358 g/mol. The second-order valence-electron chi connectivity index (χ2n) is 5.44. The van der Waals surface area contributed by atoms with E-state index in [9.17, 15) is 14.0 Å². The number of hydrogen-bond acceptors (Lipinski definition) is 4. The molecule has 3 rings (SSSR count). The van der Waals surface area contributed by atoms with Crippen molar-refractivity contribution < 1.29 is 18.7 Å². The van der Waals surface area contributed by atoms with Gasteiger partial charge in [-0.25, -0.2) is 4.39 Å². The summed E-state index contributed by atoms with van der Waals surface area (Å²) in [6.45, 7) is 1.82. The maximum absolute atomic E-state index is 13.5. The van der Waals surface area contributed by atoms with E-state index in [0.717, 1.165) is 16.9 Å². The van der Waals surface area contributed by atoms with Crippen molar-refractivity contribution in [1.29, 1.82) is 0 Å². The quantitative estimate of drug-likeness (QED) is 0.676. The van der Waals surface area contributed by atoms with Crippen molar-refractivity contribution in [2.24, 2.45) is 4.99 Å². The SMILES string of the molecule is COC(=O)Cn1c(=NC(=O)c2ccc(C)cc2)sc2cc(F)ccc21. The van der Waals surface area contributed by atoms with E-state index in [4.69, 9.17) is 4.74 Å². The van der Waals surface area contributed by atoms with E-state index in [1.54, 1.807) is 22.8 Å². The van der Waals surface area contributed by atoms with Crippen LogP contribution in [0.1, 0.15) is 15.9 Å². The fourth-order valence-electron chi connectivity index (χ4n) is 2.33. The van der Waals surface area contributed by atoms with E-state index >= 15 is 0 Å². The highest BCUT2D eigenvalue weighted by molar-refractivity contribution is 7.16. The summed E-state index contributed by atoms with van der Waals surface area (Å²) in [6.07, 6.45) is 0. The van der Waals surface area contributed by atoms with Gasteiger partial charge in [0.15, 0.2) is 4.80 Å². The second kappa shape index (κ2) is 6.98. The number of fused-ring (bicyclic) bond motifs is 1. The van der Waals surface area contributed by atoms with E-state index in [0.29, 0.717) is 20.6 Å². The van der Waals surface area contributed by atoms with Crippen molar-refractivity contribution in [3.8, 4) is 0 Å². The van der Waals surface area contributed by atoms with Crippen LogP contribution in [0.5, 0.6) is 0 Å². The molecular weight excluding hydrogens is 343 g/mol. The van der Waals surface area contributed by atoms with Gasteiger partial charge in [-0.05, 0) is 37.3 Å². The van der Waals surface area contributed by atoms with Gasteiger partial charge in [0.25, 0.3) is 5.91 Å². The van der Waals surface area contributed by atoms with Crippen molar-refractivity contribution >= 4 is 33.4 Å². The summed E-state index contributed by atoms with van der Waals surface area (Å²) in [6, 6.07) is 11.2. The Morgan fingerprint density at radius 2 is 1.92 bits per heavy atom. The van der Waals surface area contributed by atoms with Crippen LogP contribution in [0.4, 0.5) is 4.39 Å². The molecule has 0 unspecified atom stereocenters. The minimum absolute atomic E-state index is 0.109. The van der Waals surface area contributed by atoms with Crippen LogP contribution in [0.3, 0.4) is 0 Å². The number of ether oxygens (including phenoxy) is 1. The molecule has 0 N–H and O–H groups in total.